The Morgan fingerprint density at radius 1 is 1.33 bits per heavy atom. The fraction of sp³-hybridized carbons (Fsp3) is 0.632. The zero-order valence-electron chi connectivity index (χ0n) is 14.7. The topological polar surface area (TPSA) is 43.8 Å². The van der Waals surface area contributed by atoms with Gasteiger partial charge in [0.25, 0.3) is 0 Å². The molecule has 1 fully saturated rings. The van der Waals surface area contributed by atoms with Crippen LogP contribution < -0.4 is 0 Å². The van der Waals surface area contributed by atoms with Gasteiger partial charge in [-0.05, 0) is 57.3 Å². The Labute approximate surface area is 150 Å². The Morgan fingerprint density at radius 3 is 2.58 bits per heavy atom. The van der Waals surface area contributed by atoms with Gasteiger partial charge in [-0.15, -0.1) is 0 Å². The Morgan fingerprint density at radius 2 is 2.00 bits per heavy atom. The number of aliphatic hydroxyl groups is 1. The number of hydrogen-bond acceptors (Lipinski definition) is 3. The number of hydrogen-bond donors (Lipinski definition) is 1. The number of halogens is 1. The van der Waals surface area contributed by atoms with Crippen molar-refractivity contribution in [3.05, 3.63) is 34.9 Å². The Kier molecular flexibility index (Phi) is 7.53. The highest BCUT2D eigenvalue weighted by molar-refractivity contribution is 6.31. The zero-order chi connectivity index (χ0) is 17.5. The highest BCUT2D eigenvalue weighted by atomic mass is 35.5. The summed E-state index contributed by atoms with van der Waals surface area (Å²) in [5.41, 5.74) is 0.926. The van der Waals surface area contributed by atoms with E-state index in [1.807, 2.05) is 24.3 Å². The van der Waals surface area contributed by atoms with Crippen molar-refractivity contribution in [1.29, 1.82) is 0 Å². The normalized spacial score (nSPS) is 16.5. The van der Waals surface area contributed by atoms with E-state index in [0.29, 0.717) is 36.5 Å². The van der Waals surface area contributed by atoms with Gasteiger partial charge in [-0.3, -0.25) is 4.79 Å². The molecule has 134 valence electrons. The van der Waals surface area contributed by atoms with E-state index in [9.17, 15) is 9.90 Å². The molecule has 1 heterocycles. The highest BCUT2D eigenvalue weighted by Gasteiger charge is 2.25. The van der Waals surface area contributed by atoms with E-state index in [1.54, 1.807) is 4.90 Å². The number of aliphatic hydroxyl groups excluding tert-OH is 1. The number of nitrogens with zero attached hydrogens (tertiary/aromatic N) is 2. The van der Waals surface area contributed by atoms with Gasteiger partial charge < -0.3 is 14.9 Å². The number of amides is 1. The summed E-state index contributed by atoms with van der Waals surface area (Å²) in [6.45, 7) is 7.37. The van der Waals surface area contributed by atoms with Crippen molar-refractivity contribution in [2.75, 3.05) is 26.2 Å². The molecule has 24 heavy (non-hydrogen) atoms. The number of benzene rings is 1. The van der Waals surface area contributed by atoms with Crippen molar-refractivity contribution in [2.24, 2.45) is 5.92 Å². The first-order valence-corrected chi connectivity index (χ1v) is 9.25. The van der Waals surface area contributed by atoms with Gasteiger partial charge in [-0.2, -0.15) is 0 Å². The Balaban J connectivity index is 1.91. The summed E-state index contributed by atoms with van der Waals surface area (Å²) >= 11 is 6.20. The van der Waals surface area contributed by atoms with Crippen molar-refractivity contribution in [2.45, 2.75) is 45.7 Å². The molecule has 0 saturated carbocycles. The van der Waals surface area contributed by atoms with Crippen LogP contribution in [0.1, 0.15) is 38.7 Å². The molecule has 5 heteroatoms. The molecule has 1 aromatic carbocycles. The van der Waals surface area contributed by atoms with Gasteiger partial charge >= 0.3 is 0 Å². The minimum atomic E-state index is -0.0258. The molecule has 1 aliphatic heterocycles. The zero-order valence-corrected chi connectivity index (χ0v) is 15.5. The predicted molar refractivity (Wildman–Crippen MR) is 98.0 cm³/mol. The second kappa shape index (κ2) is 9.40. The van der Waals surface area contributed by atoms with Crippen molar-refractivity contribution >= 4 is 17.5 Å². The van der Waals surface area contributed by atoms with Gasteiger partial charge in [0, 0.05) is 30.6 Å². The maximum atomic E-state index is 12.7. The number of likely N-dealkylation sites (tertiary alicyclic amines) is 1. The summed E-state index contributed by atoms with van der Waals surface area (Å²) in [5.74, 6) is 0.562. The maximum Gasteiger partial charge on any atom is 0.223 e. The average Bonchev–Trinajstić information content (AvgIpc) is 2.56. The monoisotopic (exact) mass is 352 g/mol. The summed E-state index contributed by atoms with van der Waals surface area (Å²) in [6.07, 6.45) is 2.71. The van der Waals surface area contributed by atoms with Gasteiger partial charge in [0.05, 0.1) is 6.61 Å². The van der Waals surface area contributed by atoms with Crippen LogP contribution in [0.5, 0.6) is 0 Å². The van der Waals surface area contributed by atoms with Crippen LogP contribution in [0.4, 0.5) is 0 Å². The molecule has 1 saturated heterocycles. The van der Waals surface area contributed by atoms with Crippen LogP contribution in [-0.4, -0.2) is 53.1 Å². The lowest BCUT2D eigenvalue weighted by Crippen LogP contribution is -2.40. The summed E-state index contributed by atoms with van der Waals surface area (Å²) in [6, 6.07) is 8.14. The van der Waals surface area contributed by atoms with Crippen LogP contribution in [0.15, 0.2) is 24.3 Å². The van der Waals surface area contributed by atoms with Crippen LogP contribution in [-0.2, 0) is 11.3 Å². The second-order valence-corrected chi connectivity index (χ2v) is 7.31. The lowest BCUT2D eigenvalue weighted by Gasteiger charge is -2.35. The Hall–Kier alpha value is -1.10. The van der Waals surface area contributed by atoms with Crippen LogP contribution in [0.3, 0.4) is 0 Å². The fourth-order valence-electron chi connectivity index (χ4n) is 3.29. The van der Waals surface area contributed by atoms with Crippen LogP contribution >= 0.6 is 11.6 Å². The largest absolute Gasteiger partial charge is 0.395 e. The molecular weight excluding hydrogens is 324 g/mol. The van der Waals surface area contributed by atoms with Crippen molar-refractivity contribution in [1.82, 2.24) is 9.80 Å². The smallest absolute Gasteiger partial charge is 0.223 e. The third kappa shape index (κ3) is 5.47. The highest BCUT2D eigenvalue weighted by Crippen LogP contribution is 2.24. The second-order valence-electron chi connectivity index (χ2n) is 6.91. The van der Waals surface area contributed by atoms with E-state index in [2.05, 4.69) is 18.7 Å². The van der Waals surface area contributed by atoms with E-state index in [1.165, 1.54) is 0 Å². The number of piperidine rings is 1. The summed E-state index contributed by atoms with van der Waals surface area (Å²) < 4.78 is 0. The number of carbonyl (C=O) groups is 1. The molecule has 0 bridgehead atoms. The molecule has 0 radical (unpaired) electrons. The molecule has 1 N–H and O–H groups in total. The molecule has 1 aliphatic rings. The first-order valence-electron chi connectivity index (χ1n) is 8.87. The van der Waals surface area contributed by atoms with Gasteiger partial charge in [-0.1, -0.05) is 29.8 Å². The molecule has 1 amide bonds. The number of rotatable bonds is 7. The standard InChI is InChI=1S/C19H29ClN2O2/c1-15(2)21-9-7-16(8-10-21)13-19(24)22(11-12-23)14-17-5-3-4-6-18(17)20/h3-6,15-16,23H,7-14H2,1-2H3. The van der Waals surface area contributed by atoms with Crippen molar-refractivity contribution in [3.8, 4) is 0 Å². The lowest BCUT2D eigenvalue weighted by atomic mass is 9.92. The van der Waals surface area contributed by atoms with E-state index in [4.69, 9.17) is 11.6 Å². The quantitative estimate of drug-likeness (QED) is 0.819. The summed E-state index contributed by atoms with van der Waals surface area (Å²) in [5, 5.41) is 9.97. The Bertz CT molecular complexity index is 528. The number of carbonyl (C=O) groups excluding carboxylic acids is 1. The minimum Gasteiger partial charge on any atom is -0.395 e. The van der Waals surface area contributed by atoms with E-state index in [0.717, 1.165) is 31.5 Å². The minimum absolute atomic E-state index is 0.0258. The predicted octanol–water partition coefficient (Wildman–Crippen LogP) is 3.17. The molecule has 0 unspecified atom stereocenters. The van der Waals surface area contributed by atoms with Crippen LogP contribution in [0, 0.1) is 5.92 Å². The van der Waals surface area contributed by atoms with Gasteiger partial charge in [0.1, 0.15) is 0 Å². The fourth-order valence-corrected chi connectivity index (χ4v) is 3.49. The molecule has 0 aromatic heterocycles. The third-order valence-corrected chi connectivity index (χ3v) is 5.25. The summed E-state index contributed by atoms with van der Waals surface area (Å²) in [7, 11) is 0. The maximum absolute atomic E-state index is 12.7. The van der Waals surface area contributed by atoms with Gasteiger partial charge in [0.2, 0.25) is 5.91 Å². The molecular formula is C19H29ClN2O2. The van der Waals surface area contributed by atoms with Gasteiger partial charge in [0.15, 0.2) is 0 Å². The molecule has 0 spiro atoms. The third-order valence-electron chi connectivity index (χ3n) is 4.88. The average molecular weight is 353 g/mol. The summed E-state index contributed by atoms with van der Waals surface area (Å²) in [4.78, 5) is 16.9. The molecule has 0 atom stereocenters. The molecule has 2 rings (SSSR count). The van der Waals surface area contributed by atoms with Crippen molar-refractivity contribution < 1.29 is 9.90 Å². The van der Waals surface area contributed by atoms with E-state index >= 15 is 0 Å². The SMILES string of the molecule is CC(C)N1CCC(CC(=O)N(CCO)Cc2ccccc2Cl)CC1. The van der Waals surface area contributed by atoms with E-state index < -0.39 is 0 Å². The van der Waals surface area contributed by atoms with Crippen molar-refractivity contribution in [3.63, 3.8) is 0 Å². The van der Waals surface area contributed by atoms with Crippen LogP contribution in [0.25, 0.3) is 0 Å². The van der Waals surface area contributed by atoms with Crippen LogP contribution in [0.2, 0.25) is 5.02 Å². The lowest BCUT2D eigenvalue weighted by molar-refractivity contribution is -0.133. The van der Waals surface area contributed by atoms with Gasteiger partial charge in [-0.25, -0.2) is 0 Å². The first-order chi connectivity index (χ1) is 11.5. The molecule has 4 nitrogen and oxygen atoms in total. The molecule has 1 aromatic rings. The molecule has 0 aliphatic carbocycles. The van der Waals surface area contributed by atoms with E-state index in [-0.39, 0.29) is 12.5 Å². The first kappa shape index (κ1) is 19.2.